The van der Waals surface area contributed by atoms with Gasteiger partial charge in [0.2, 0.25) is 0 Å². The Morgan fingerprint density at radius 3 is 2.62 bits per heavy atom. The van der Waals surface area contributed by atoms with E-state index < -0.39 is 10.1 Å². The Labute approximate surface area is 95.0 Å². The minimum atomic E-state index is -4.26. The van der Waals surface area contributed by atoms with Crippen molar-refractivity contribution < 1.29 is 17.7 Å². The van der Waals surface area contributed by atoms with Crippen LogP contribution < -0.4 is 10.5 Å². The van der Waals surface area contributed by atoms with Crippen LogP contribution in [-0.2, 0) is 10.1 Å². The Morgan fingerprint density at radius 1 is 1.44 bits per heavy atom. The van der Waals surface area contributed by atoms with Gasteiger partial charge in [0.05, 0.1) is 12.3 Å². The minimum absolute atomic E-state index is 0.0171. The molecule has 0 unspecified atom stereocenters. The van der Waals surface area contributed by atoms with E-state index in [4.69, 9.17) is 15.0 Å². The van der Waals surface area contributed by atoms with Crippen molar-refractivity contribution in [1.82, 2.24) is 0 Å². The van der Waals surface area contributed by atoms with Gasteiger partial charge in [0.15, 0.2) is 0 Å². The standard InChI is InChI=1S/C10H15NO4S/c1-2-3-6-15-8-4-5-10(9(11)7-8)16(12,13)14/h4-5,7H,2-3,6,11H2,1H3,(H,12,13,14). The van der Waals surface area contributed by atoms with E-state index in [1.807, 2.05) is 6.92 Å². The van der Waals surface area contributed by atoms with Crippen molar-refractivity contribution in [1.29, 1.82) is 0 Å². The summed E-state index contributed by atoms with van der Waals surface area (Å²) in [6, 6.07) is 4.08. The molecule has 0 heterocycles. The second-order valence-corrected chi connectivity index (χ2v) is 4.77. The highest BCUT2D eigenvalue weighted by atomic mass is 32.2. The maximum absolute atomic E-state index is 10.9. The lowest BCUT2D eigenvalue weighted by Crippen LogP contribution is -2.04. The fourth-order valence-corrected chi connectivity index (χ4v) is 1.78. The summed E-state index contributed by atoms with van der Waals surface area (Å²) in [5.41, 5.74) is 5.48. The topological polar surface area (TPSA) is 89.6 Å². The number of nitrogen functional groups attached to an aromatic ring is 1. The largest absolute Gasteiger partial charge is 0.494 e. The second kappa shape index (κ2) is 5.18. The summed E-state index contributed by atoms with van der Waals surface area (Å²) in [5, 5.41) is 0. The molecule has 1 rings (SSSR count). The molecule has 3 N–H and O–H groups in total. The highest BCUT2D eigenvalue weighted by molar-refractivity contribution is 7.86. The van der Waals surface area contributed by atoms with Crippen molar-refractivity contribution in [3.63, 3.8) is 0 Å². The monoisotopic (exact) mass is 245 g/mol. The SMILES string of the molecule is CCCCOc1ccc(S(=O)(=O)O)c(N)c1. The van der Waals surface area contributed by atoms with Crippen molar-refractivity contribution in [2.45, 2.75) is 24.7 Å². The molecule has 0 radical (unpaired) electrons. The smallest absolute Gasteiger partial charge is 0.296 e. The van der Waals surface area contributed by atoms with Gasteiger partial charge in [-0.1, -0.05) is 13.3 Å². The zero-order valence-electron chi connectivity index (χ0n) is 9.01. The molecular formula is C10H15NO4S. The summed E-state index contributed by atoms with van der Waals surface area (Å²) in [4.78, 5) is -0.296. The van der Waals surface area contributed by atoms with Gasteiger partial charge in [-0.2, -0.15) is 8.42 Å². The molecule has 1 aromatic rings. The summed E-state index contributed by atoms with van der Waals surface area (Å²) < 4.78 is 35.9. The fraction of sp³-hybridized carbons (Fsp3) is 0.400. The van der Waals surface area contributed by atoms with E-state index in [-0.39, 0.29) is 10.6 Å². The number of hydrogen-bond acceptors (Lipinski definition) is 4. The van der Waals surface area contributed by atoms with E-state index in [1.165, 1.54) is 18.2 Å². The lowest BCUT2D eigenvalue weighted by Gasteiger charge is -2.07. The summed E-state index contributed by atoms with van der Waals surface area (Å²) in [6.45, 7) is 2.60. The number of rotatable bonds is 5. The van der Waals surface area contributed by atoms with Gasteiger partial charge in [0, 0.05) is 6.07 Å². The van der Waals surface area contributed by atoms with Gasteiger partial charge >= 0.3 is 0 Å². The number of ether oxygens (including phenoxy) is 1. The number of nitrogens with two attached hydrogens (primary N) is 1. The molecule has 0 spiro atoms. The van der Waals surface area contributed by atoms with Crippen molar-refractivity contribution in [3.05, 3.63) is 18.2 Å². The highest BCUT2D eigenvalue weighted by Crippen LogP contribution is 2.23. The van der Waals surface area contributed by atoms with E-state index in [2.05, 4.69) is 0 Å². The van der Waals surface area contributed by atoms with Crippen LogP contribution in [0.1, 0.15) is 19.8 Å². The van der Waals surface area contributed by atoms with E-state index in [0.29, 0.717) is 12.4 Å². The molecule has 0 aliphatic rings. The lowest BCUT2D eigenvalue weighted by molar-refractivity contribution is 0.309. The molecule has 6 heteroatoms. The predicted octanol–water partition coefficient (Wildman–Crippen LogP) is 1.69. The molecule has 90 valence electrons. The van der Waals surface area contributed by atoms with Crippen LogP contribution in [0.4, 0.5) is 5.69 Å². The van der Waals surface area contributed by atoms with Gasteiger partial charge < -0.3 is 10.5 Å². The van der Waals surface area contributed by atoms with E-state index in [9.17, 15) is 8.42 Å². The Morgan fingerprint density at radius 2 is 2.12 bits per heavy atom. The molecule has 0 aliphatic carbocycles. The molecular weight excluding hydrogens is 230 g/mol. The predicted molar refractivity (Wildman–Crippen MR) is 61.1 cm³/mol. The number of anilines is 1. The quantitative estimate of drug-likeness (QED) is 0.468. The van der Waals surface area contributed by atoms with Gasteiger partial charge in [-0.25, -0.2) is 0 Å². The van der Waals surface area contributed by atoms with Crippen molar-refractivity contribution in [3.8, 4) is 5.75 Å². The second-order valence-electron chi connectivity index (χ2n) is 3.38. The van der Waals surface area contributed by atoms with Crippen LogP contribution in [0.2, 0.25) is 0 Å². The van der Waals surface area contributed by atoms with E-state index in [0.717, 1.165) is 12.8 Å². The van der Waals surface area contributed by atoms with Crippen LogP contribution in [-0.4, -0.2) is 19.6 Å². The molecule has 0 saturated heterocycles. The third-order valence-electron chi connectivity index (χ3n) is 2.03. The van der Waals surface area contributed by atoms with Gasteiger partial charge in [-0.15, -0.1) is 0 Å². The first kappa shape index (κ1) is 12.8. The zero-order valence-corrected chi connectivity index (χ0v) is 9.83. The Kier molecular flexibility index (Phi) is 4.14. The summed E-state index contributed by atoms with van der Waals surface area (Å²) in [7, 11) is -4.26. The first-order chi connectivity index (χ1) is 7.45. The maximum atomic E-state index is 10.9. The Bertz CT molecular complexity index is 456. The van der Waals surface area contributed by atoms with Crippen molar-refractivity contribution >= 4 is 15.8 Å². The van der Waals surface area contributed by atoms with Gasteiger partial charge in [0.25, 0.3) is 10.1 Å². The summed E-state index contributed by atoms with van der Waals surface area (Å²) in [5.74, 6) is 0.498. The van der Waals surface area contributed by atoms with E-state index >= 15 is 0 Å². The average Bonchev–Trinajstić information content (AvgIpc) is 2.16. The van der Waals surface area contributed by atoms with Gasteiger partial charge in [-0.3, -0.25) is 4.55 Å². The third kappa shape index (κ3) is 3.39. The number of hydrogen-bond donors (Lipinski definition) is 2. The van der Waals surface area contributed by atoms with Crippen LogP contribution in [0, 0.1) is 0 Å². The van der Waals surface area contributed by atoms with Gasteiger partial charge in [0.1, 0.15) is 10.6 Å². The lowest BCUT2D eigenvalue weighted by atomic mass is 10.3. The highest BCUT2D eigenvalue weighted by Gasteiger charge is 2.13. The van der Waals surface area contributed by atoms with Crippen molar-refractivity contribution in [2.75, 3.05) is 12.3 Å². The minimum Gasteiger partial charge on any atom is -0.494 e. The summed E-state index contributed by atoms with van der Waals surface area (Å²) >= 11 is 0. The van der Waals surface area contributed by atoms with Gasteiger partial charge in [-0.05, 0) is 18.6 Å². The molecule has 16 heavy (non-hydrogen) atoms. The number of unbranched alkanes of at least 4 members (excludes halogenated alkanes) is 1. The van der Waals surface area contributed by atoms with Crippen molar-refractivity contribution in [2.24, 2.45) is 0 Å². The number of benzene rings is 1. The normalized spacial score (nSPS) is 11.4. The molecule has 5 nitrogen and oxygen atoms in total. The molecule has 0 bridgehead atoms. The Balaban J connectivity index is 2.83. The summed E-state index contributed by atoms with van der Waals surface area (Å²) in [6.07, 6.45) is 1.93. The molecule has 1 aromatic carbocycles. The van der Waals surface area contributed by atoms with Crippen LogP contribution in [0.3, 0.4) is 0 Å². The first-order valence-electron chi connectivity index (χ1n) is 4.95. The molecule has 0 amide bonds. The van der Waals surface area contributed by atoms with Crippen LogP contribution in [0.25, 0.3) is 0 Å². The molecule has 0 aromatic heterocycles. The zero-order chi connectivity index (χ0) is 12.2. The molecule has 0 atom stereocenters. The fourth-order valence-electron chi connectivity index (χ4n) is 1.19. The molecule has 0 saturated carbocycles. The van der Waals surface area contributed by atoms with E-state index in [1.54, 1.807) is 0 Å². The van der Waals surface area contributed by atoms with Crippen LogP contribution in [0.5, 0.6) is 5.75 Å². The first-order valence-corrected chi connectivity index (χ1v) is 6.39. The average molecular weight is 245 g/mol. The van der Waals surface area contributed by atoms with Crippen LogP contribution in [0.15, 0.2) is 23.1 Å². The molecule has 0 aliphatic heterocycles. The third-order valence-corrected chi connectivity index (χ3v) is 2.95. The Hall–Kier alpha value is -1.27. The molecule has 0 fully saturated rings. The maximum Gasteiger partial charge on any atom is 0.296 e. The van der Waals surface area contributed by atoms with Crippen LogP contribution >= 0.6 is 0 Å².